The molecule has 11 heteroatoms. The number of rotatable bonds is 7. The fourth-order valence-corrected chi connectivity index (χ4v) is 2.33. The van der Waals surface area contributed by atoms with Crippen molar-refractivity contribution in [2.24, 2.45) is 0 Å². The van der Waals surface area contributed by atoms with Gasteiger partial charge in [0.15, 0.2) is 11.5 Å². The summed E-state index contributed by atoms with van der Waals surface area (Å²) >= 11 is 5.76. The molecule has 0 aliphatic carbocycles. The third-order valence-corrected chi connectivity index (χ3v) is 3.79. The van der Waals surface area contributed by atoms with Crippen LogP contribution in [0.25, 0.3) is 0 Å². The second-order valence-corrected chi connectivity index (χ2v) is 5.41. The van der Waals surface area contributed by atoms with Gasteiger partial charge < -0.3 is 14.8 Å². The van der Waals surface area contributed by atoms with Gasteiger partial charge in [0.25, 0.3) is 6.43 Å². The molecular formula is C15H14ClF4N3O3. The van der Waals surface area contributed by atoms with Crippen molar-refractivity contribution >= 4 is 23.2 Å². The van der Waals surface area contributed by atoms with Crippen LogP contribution < -0.4 is 14.8 Å². The molecule has 0 spiro atoms. The van der Waals surface area contributed by atoms with Crippen LogP contribution in [0.3, 0.4) is 0 Å². The highest BCUT2D eigenvalue weighted by atomic mass is 35.5. The molecule has 0 atom stereocenters. The smallest absolute Gasteiger partial charge is 0.387 e. The first-order chi connectivity index (χ1) is 12.2. The van der Waals surface area contributed by atoms with Crippen LogP contribution in [-0.4, -0.2) is 29.4 Å². The standard InChI is InChI=1S/C15H14ClF4N3O3/c1-7-12(16)13(14(17)18)22-23(7)6-11(24)21-8-3-4-9(26-15(19)20)10(5-8)25-2/h3-5,14-15H,6H2,1-2H3,(H,21,24). The SMILES string of the molecule is COc1cc(NC(=O)Cn2nc(C(F)F)c(Cl)c2C)ccc1OC(F)F. The van der Waals surface area contributed by atoms with E-state index >= 15 is 0 Å². The molecular weight excluding hydrogens is 382 g/mol. The third kappa shape index (κ3) is 4.57. The van der Waals surface area contributed by atoms with Gasteiger partial charge in [0.2, 0.25) is 5.91 Å². The zero-order chi connectivity index (χ0) is 19.4. The average Bonchev–Trinajstić information content (AvgIpc) is 2.84. The van der Waals surface area contributed by atoms with E-state index in [0.717, 1.165) is 4.68 Å². The zero-order valence-electron chi connectivity index (χ0n) is 13.6. The first-order valence-electron chi connectivity index (χ1n) is 7.16. The summed E-state index contributed by atoms with van der Waals surface area (Å²) < 4.78 is 60.4. The highest BCUT2D eigenvalue weighted by Crippen LogP contribution is 2.32. The number of anilines is 1. The van der Waals surface area contributed by atoms with Crippen LogP contribution in [0.5, 0.6) is 11.5 Å². The molecule has 0 bridgehead atoms. The number of methoxy groups -OCH3 is 1. The number of alkyl halides is 4. The van der Waals surface area contributed by atoms with Crippen LogP contribution >= 0.6 is 11.6 Å². The van der Waals surface area contributed by atoms with Crippen molar-refractivity contribution < 1.29 is 31.8 Å². The molecule has 1 aromatic carbocycles. The van der Waals surface area contributed by atoms with Gasteiger partial charge in [-0.05, 0) is 19.1 Å². The van der Waals surface area contributed by atoms with Gasteiger partial charge in [-0.25, -0.2) is 8.78 Å². The first kappa shape index (κ1) is 19.8. The summed E-state index contributed by atoms with van der Waals surface area (Å²) in [4.78, 5) is 12.1. The second kappa shape index (κ2) is 8.26. The van der Waals surface area contributed by atoms with Crippen molar-refractivity contribution in [1.82, 2.24) is 9.78 Å². The van der Waals surface area contributed by atoms with Crippen LogP contribution in [-0.2, 0) is 11.3 Å². The van der Waals surface area contributed by atoms with Crippen LogP contribution in [0.2, 0.25) is 5.02 Å². The summed E-state index contributed by atoms with van der Waals surface area (Å²) in [5.41, 5.74) is -0.152. The Labute approximate surface area is 150 Å². The van der Waals surface area contributed by atoms with Gasteiger partial charge in [-0.2, -0.15) is 13.9 Å². The van der Waals surface area contributed by atoms with Crippen LogP contribution in [0.4, 0.5) is 23.2 Å². The second-order valence-electron chi connectivity index (χ2n) is 5.04. The lowest BCUT2D eigenvalue weighted by molar-refractivity contribution is -0.117. The molecule has 1 N–H and O–H groups in total. The molecule has 0 saturated carbocycles. The van der Waals surface area contributed by atoms with Gasteiger partial charge in [0, 0.05) is 11.8 Å². The molecule has 0 fully saturated rings. The summed E-state index contributed by atoms with van der Waals surface area (Å²) in [5.74, 6) is -0.796. The van der Waals surface area contributed by atoms with Gasteiger partial charge in [-0.3, -0.25) is 9.48 Å². The maximum Gasteiger partial charge on any atom is 0.387 e. The van der Waals surface area contributed by atoms with Crippen molar-refractivity contribution in [2.45, 2.75) is 26.5 Å². The van der Waals surface area contributed by atoms with Gasteiger partial charge >= 0.3 is 6.61 Å². The number of benzene rings is 1. The summed E-state index contributed by atoms with van der Waals surface area (Å²) in [5, 5.41) is 5.89. The van der Waals surface area contributed by atoms with Crippen molar-refractivity contribution in [2.75, 3.05) is 12.4 Å². The normalized spacial score (nSPS) is 11.1. The number of nitrogens with zero attached hydrogens (tertiary/aromatic N) is 2. The van der Waals surface area contributed by atoms with E-state index in [4.69, 9.17) is 16.3 Å². The topological polar surface area (TPSA) is 65.4 Å². The first-order valence-corrected chi connectivity index (χ1v) is 7.54. The van der Waals surface area contributed by atoms with E-state index in [0.29, 0.717) is 0 Å². The molecule has 1 heterocycles. The van der Waals surface area contributed by atoms with E-state index in [2.05, 4.69) is 15.2 Å². The molecule has 0 radical (unpaired) electrons. The third-order valence-electron chi connectivity index (χ3n) is 3.32. The number of aromatic nitrogens is 2. The maximum absolute atomic E-state index is 12.8. The molecule has 1 amide bonds. The number of hydrogen-bond acceptors (Lipinski definition) is 4. The average molecular weight is 396 g/mol. The van der Waals surface area contributed by atoms with Gasteiger partial charge in [0.05, 0.1) is 17.8 Å². The Morgan fingerprint density at radius 3 is 2.54 bits per heavy atom. The number of halogens is 5. The number of hydrogen-bond donors (Lipinski definition) is 1. The van der Waals surface area contributed by atoms with Crippen molar-refractivity contribution in [3.8, 4) is 11.5 Å². The number of carbonyl (C=O) groups is 1. The van der Waals surface area contributed by atoms with Crippen molar-refractivity contribution in [3.05, 3.63) is 34.6 Å². The number of ether oxygens (including phenoxy) is 2. The fourth-order valence-electron chi connectivity index (χ4n) is 2.12. The van der Waals surface area contributed by atoms with Crippen LogP contribution in [0.1, 0.15) is 17.8 Å². The minimum absolute atomic E-state index is 0.0126. The summed E-state index contributed by atoms with van der Waals surface area (Å²) in [6.07, 6.45) is -2.86. The van der Waals surface area contributed by atoms with Gasteiger partial charge in [-0.15, -0.1) is 0 Å². The van der Waals surface area contributed by atoms with Gasteiger partial charge in [0.1, 0.15) is 12.2 Å². The Morgan fingerprint density at radius 2 is 2.00 bits per heavy atom. The van der Waals surface area contributed by atoms with Crippen molar-refractivity contribution in [1.29, 1.82) is 0 Å². The number of carbonyl (C=O) groups excluding carboxylic acids is 1. The molecule has 0 aliphatic heterocycles. The van der Waals surface area contributed by atoms with E-state index in [-0.39, 0.29) is 34.4 Å². The predicted molar refractivity (Wildman–Crippen MR) is 85.2 cm³/mol. The van der Waals surface area contributed by atoms with E-state index in [1.165, 1.54) is 32.2 Å². The fraction of sp³-hybridized carbons (Fsp3) is 0.333. The molecule has 26 heavy (non-hydrogen) atoms. The quantitative estimate of drug-likeness (QED) is 0.719. The predicted octanol–water partition coefficient (Wildman–Crippen LogP) is 4.03. The Morgan fingerprint density at radius 1 is 1.31 bits per heavy atom. The Hall–Kier alpha value is -2.49. The van der Waals surface area contributed by atoms with E-state index in [1.54, 1.807) is 0 Å². The van der Waals surface area contributed by atoms with Crippen LogP contribution in [0.15, 0.2) is 18.2 Å². The molecule has 1 aromatic heterocycles. The highest BCUT2D eigenvalue weighted by Gasteiger charge is 2.21. The Balaban J connectivity index is 2.12. The summed E-state index contributed by atoms with van der Waals surface area (Å²) in [7, 11) is 1.25. The van der Waals surface area contributed by atoms with Crippen molar-refractivity contribution in [3.63, 3.8) is 0 Å². The Kier molecular flexibility index (Phi) is 6.30. The Bertz CT molecular complexity index is 799. The lowest BCUT2D eigenvalue weighted by Crippen LogP contribution is -2.20. The van der Waals surface area contributed by atoms with E-state index in [1.807, 2.05) is 0 Å². The molecule has 6 nitrogen and oxygen atoms in total. The summed E-state index contributed by atoms with van der Waals surface area (Å²) in [6, 6.07) is 3.81. The largest absolute Gasteiger partial charge is 0.493 e. The molecule has 142 valence electrons. The number of amides is 1. The monoisotopic (exact) mass is 395 g/mol. The zero-order valence-corrected chi connectivity index (χ0v) is 14.4. The highest BCUT2D eigenvalue weighted by molar-refractivity contribution is 6.31. The minimum Gasteiger partial charge on any atom is -0.493 e. The maximum atomic E-state index is 12.8. The van der Waals surface area contributed by atoms with Crippen LogP contribution in [0, 0.1) is 6.92 Å². The summed E-state index contributed by atoms with van der Waals surface area (Å²) in [6.45, 7) is -1.94. The lowest BCUT2D eigenvalue weighted by atomic mass is 10.2. The van der Waals surface area contributed by atoms with E-state index in [9.17, 15) is 22.4 Å². The molecule has 2 aromatic rings. The number of nitrogens with one attached hydrogen (secondary N) is 1. The molecule has 0 unspecified atom stereocenters. The van der Waals surface area contributed by atoms with E-state index < -0.39 is 24.6 Å². The molecule has 2 rings (SSSR count). The molecule has 0 aliphatic rings. The lowest BCUT2D eigenvalue weighted by Gasteiger charge is -2.12. The minimum atomic E-state index is -3.03. The van der Waals surface area contributed by atoms with Gasteiger partial charge in [-0.1, -0.05) is 11.6 Å². The molecule has 0 saturated heterocycles.